The molecule has 0 aromatic carbocycles. The highest BCUT2D eigenvalue weighted by Crippen LogP contribution is 2.20. The molecule has 2 aliphatic heterocycles. The quantitative estimate of drug-likeness (QED) is 0.719. The van der Waals surface area contributed by atoms with E-state index in [9.17, 15) is 14.4 Å². The fraction of sp³-hybridized carbons (Fsp3) is 0.769. The second-order valence-corrected chi connectivity index (χ2v) is 5.51. The first kappa shape index (κ1) is 14.0. The average molecular weight is 268 g/mol. The van der Waals surface area contributed by atoms with Crippen molar-refractivity contribution >= 4 is 17.7 Å². The Morgan fingerprint density at radius 1 is 1.21 bits per heavy atom. The second kappa shape index (κ2) is 5.69. The third-order valence-corrected chi connectivity index (χ3v) is 3.46. The first-order valence-electron chi connectivity index (χ1n) is 6.70. The van der Waals surface area contributed by atoms with Crippen LogP contribution in [0.1, 0.15) is 33.1 Å². The molecule has 0 bridgehead atoms. The first-order valence-corrected chi connectivity index (χ1v) is 6.70. The van der Waals surface area contributed by atoms with E-state index in [1.165, 1.54) is 0 Å². The van der Waals surface area contributed by atoms with Gasteiger partial charge in [-0.15, -0.1) is 0 Å². The number of carbonyl (C=O) groups is 3. The number of hydrogen-bond donors (Lipinski definition) is 1. The minimum Gasteiger partial charge on any atom is -0.372 e. The molecule has 2 fully saturated rings. The zero-order valence-electron chi connectivity index (χ0n) is 11.3. The fourth-order valence-electron chi connectivity index (χ4n) is 2.76. The summed E-state index contributed by atoms with van der Waals surface area (Å²) in [6.45, 7) is 5.03. The van der Waals surface area contributed by atoms with Gasteiger partial charge in [0, 0.05) is 32.4 Å². The second-order valence-electron chi connectivity index (χ2n) is 5.51. The monoisotopic (exact) mass is 268 g/mol. The standard InChI is InChI=1S/C13H20N2O4/c1-8-6-15(7-9(2)19-8)13(18)5-10-3-11(16)14-12(17)4-10/h8-10H,3-7H2,1-2H3,(H,14,16,17)/t8-,9+. The van der Waals surface area contributed by atoms with Gasteiger partial charge in [-0.1, -0.05) is 0 Å². The Bertz CT molecular complexity index is 370. The molecule has 2 saturated heterocycles. The highest BCUT2D eigenvalue weighted by atomic mass is 16.5. The predicted octanol–water partition coefficient (Wildman–Crippen LogP) is 0.0651. The molecule has 0 aliphatic carbocycles. The van der Waals surface area contributed by atoms with Crippen molar-refractivity contribution in [3.63, 3.8) is 0 Å². The van der Waals surface area contributed by atoms with Crippen LogP contribution in [0, 0.1) is 5.92 Å². The van der Waals surface area contributed by atoms with E-state index in [0.717, 1.165) is 0 Å². The molecule has 0 saturated carbocycles. The smallest absolute Gasteiger partial charge is 0.226 e. The van der Waals surface area contributed by atoms with Crippen LogP contribution in [0.3, 0.4) is 0 Å². The van der Waals surface area contributed by atoms with Gasteiger partial charge in [-0.3, -0.25) is 19.7 Å². The first-order chi connectivity index (χ1) is 8.94. The van der Waals surface area contributed by atoms with Crippen molar-refractivity contribution in [1.29, 1.82) is 0 Å². The largest absolute Gasteiger partial charge is 0.372 e. The number of morpholine rings is 1. The van der Waals surface area contributed by atoms with Crippen LogP contribution in [-0.2, 0) is 19.1 Å². The number of amides is 3. The maximum atomic E-state index is 12.2. The summed E-state index contributed by atoms with van der Waals surface area (Å²) in [7, 11) is 0. The van der Waals surface area contributed by atoms with Gasteiger partial charge in [0.2, 0.25) is 17.7 Å². The van der Waals surface area contributed by atoms with Crippen LogP contribution in [0.5, 0.6) is 0 Å². The van der Waals surface area contributed by atoms with E-state index in [-0.39, 0.29) is 55.1 Å². The van der Waals surface area contributed by atoms with Crippen molar-refractivity contribution < 1.29 is 19.1 Å². The lowest BCUT2D eigenvalue weighted by Crippen LogP contribution is -2.49. The SMILES string of the molecule is C[C@@H]1CN(C(=O)CC2CC(=O)NC(=O)C2)C[C@H](C)O1. The van der Waals surface area contributed by atoms with Crippen molar-refractivity contribution in [3.8, 4) is 0 Å². The maximum absolute atomic E-state index is 12.2. The van der Waals surface area contributed by atoms with E-state index in [0.29, 0.717) is 13.1 Å². The van der Waals surface area contributed by atoms with Crippen molar-refractivity contribution in [2.75, 3.05) is 13.1 Å². The van der Waals surface area contributed by atoms with Gasteiger partial charge in [-0.25, -0.2) is 0 Å². The minimum atomic E-state index is -0.280. The molecular weight excluding hydrogens is 248 g/mol. The Hall–Kier alpha value is -1.43. The number of piperidine rings is 1. The number of nitrogens with zero attached hydrogens (tertiary/aromatic N) is 1. The van der Waals surface area contributed by atoms with E-state index in [4.69, 9.17) is 4.74 Å². The molecule has 1 N–H and O–H groups in total. The highest BCUT2D eigenvalue weighted by Gasteiger charge is 2.31. The maximum Gasteiger partial charge on any atom is 0.226 e. The molecule has 2 atom stereocenters. The lowest BCUT2D eigenvalue weighted by atomic mass is 9.93. The summed E-state index contributed by atoms with van der Waals surface area (Å²) in [4.78, 5) is 36.5. The van der Waals surface area contributed by atoms with E-state index in [2.05, 4.69) is 5.32 Å². The minimum absolute atomic E-state index is 0.00880. The normalized spacial score (nSPS) is 29.3. The Morgan fingerprint density at radius 3 is 2.26 bits per heavy atom. The van der Waals surface area contributed by atoms with Gasteiger partial charge in [0.1, 0.15) is 0 Å². The molecule has 106 valence electrons. The van der Waals surface area contributed by atoms with Crippen molar-refractivity contribution in [3.05, 3.63) is 0 Å². The van der Waals surface area contributed by atoms with Gasteiger partial charge in [0.25, 0.3) is 0 Å². The predicted molar refractivity (Wildman–Crippen MR) is 67.1 cm³/mol. The van der Waals surface area contributed by atoms with Crippen LogP contribution in [0.25, 0.3) is 0 Å². The van der Waals surface area contributed by atoms with E-state index in [1.807, 2.05) is 13.8 Å². The van der Waals surface area contributed by atoms with Crippen LogP contribution < -0.4 is 5.32 Å². The molecule has 6 heteroatoms. The average Bonchev–Trinajstić information content (AvgIpc) is 2.25. The zero-order valence-corrected chi connectivity index (χ0v) is 11.3. The van der Waals surface area contributed by atoms with Crippen LogP contribution in [-0.4, -0.2) is 47.9 Å². The molecule has 0 unspecified atom stereocenters. The van der Waals surface area contributed by atoms with Crippen LogP contribution in [0.4, 0.5) is 0 Å². The number of nitrogens with one attached hydrogen (secondary N) is 1. The topological polar surface area (TPSA) is 75.7 Å². The number of imide groups is 1. The van der Waals surface area contributed by atoms with E-state index < -0.39 is 0 Å². The summed E-state index contributed by atoms with van der Waals surface area (Å²) in [5.41, 5.74) is 0. The summed E-state index contributed by atoms with van der Waals surface area (Å²) in [6, 6.07) is 0. The van der Waals surface area contributed by atoms with Crippen LogP contribution in [0.2, 0.25) is 0 Å². The summed E-state index contributed by atoms with van der Waals surface area (Å²) < 4.78 is 5.58. The van der Waals surface area contributed by atoms with E-state index in [1.54, 1.807) is 4.90 Å². The Balaban J connectivity index is 1.89. The van der Waals surface area contributed by atoms with Crippen molar-refractivity contribution in [2.24, 2.45) is 5.92 Å². The van der Waals surface area contributed by atoms with Gasteiger partial charge in [0.05, 0.1) is 12.2 Å². The van der Waals surface area contributed by atoms with Crippen molar-refractivity contribution in [1.82, 2.24) is 10.2 Å². The molecular formula is C13H20N2O4. The van der Waals surface area contributed by atoms with Gasteiger partial charge < -0.3 is 9.64 Å². The molecule has 0 spiro atoms. The van der Waals surface area contributed by atoms with Crippen molar-refractivity contribution in [2.45, 2.75) is 45.3 Å². The summed E-state index contributed by atoms with van der Waals surface area (Å²) in [6.07, 6.45) is 0.839. The zero-order chi connectivity index (χ0) is 14.0. The summed E-state index contributed by atoms with van der Waals surface area (Å²) in [5, 5.41) is 2.25. The molecule has 0 aromatic rings. The molecule has 0 radical (unpaired) electrons. The Kier molecular flexibility index (Phi) is 4.19. The van der Waals surface area contributed by atoms with E-state index >= 15 is 0 Å². The van der Waals surface area contributed by atoms with Crippen LogP contribution in [0.15, 0.2) is 0 Å². The van der Waals surface area contributed by atoms with Gasteiger partial charge in [0.15, 0.2) is 0 Å². The number of rotatable bonds is 2. The molecule has 6 nitrogen and oxygen atoms in total. The van der Waals surface area contributed by atoms with Gasteiger partial charge >= 0.3 is 0 Å². The molecule has 2 rings (SSSR count). The summed E-state index contributed by atoms with van der Waals surface area (Å²) >= 11 is 0. The number of ether oxygens (including phenoxy) is 1. The number of hydrogen-bond acceptors (Lipinski definition) is 4. The van der Waals surface area contributed by atoms with Gasteiger partial charge in [-0.05, 0) is 19.8 Å². The Morgan fingerprint density at radius 2 is 1.74 bits per heavy atom. The lowest BCUT2D eigenvalue weighted by Gasteiger charge is -2.36. The molecule has 3 amide bonds. The van der Waals surface area contributed by atoms with Gasteiger partial charge in [-0.2, -0.15) is 0 Å². The third-order valence-electron chi connectivity index (χ3n) is 3.46. The summed E-state index contributed by atoms with van der Waals surface area (Å²) in [5.74, 6) is -0.716. The van der Waals surface area contributed by atoms with Crippen LogP contribution >= 0.6 is 0 Å². The molecule has 19 heavy (non-hydrogen) atoms. The fourth-order valence-corrected chi connectivity index (χ4v) is 2.76. The number of carbonyl (C=O) groups excluding carboxylic acids is 3. The Labute approximate surface area is 112 Å². The highest BCUT2D eigenvalue weighted by molar-refractivity contribution is 5.98. The third kappa shape index (κ3) is 3.76. The molecule has 2 heterocycles. The molecule has 2 aliphatic rings. The lowest BCUT2D eigenvalue weighted by molar-refractivity contribution is -0.145. The molecule has 0 aromatic heterocycles.